The van der Waals surface area contributed by atoms with Gasteiger partial charge >= 0.3 is 5.97 Å². The quantitative estimate of drug-likeness (QED) is 0.0412. The van der Waals surface area contributed by atoms with E-state index in [1.165, 1.54) is 12.1 Å². The van der Waals surface area contributed by atoms with Crippen molar-refractivity contribution in [3.63, 3.8) is 0 Å². The van der Waals surface area contributed by atoms with Crippen molar-refractivity contribution in [2.45, 2.75) is 83.8 Å². The van der Waals surface area contributed by atoms with Gasteiger partial charge in [0, 0.05) is 110 Å². The molecule has 0 aliphatic carbocycles. The van der Waals surface area contributed by atoms with Gasteiger partial charge in [-0.3, -0.25) is 18.5 Å². The van der Waals surface area contributed by atoms with E-state index in [0.29, 0.717) is 71.9 Å². The van der Waals surface area contributed by atoms with Crippen LogP contribution in [0, 0.1) is 0 Å². The molecule has 0 bridgehead atoms. The van der Waals surface area contributed by atoms with E-state index in [0.717, 1.165) is 12.1 Å². The molecule has 0 aromatic heterocycles. The fraction of sp³-hybridized carbons (Fsp3) is 0.300. The van der Waals surface area contributed by atoms with Crippen molar-refractivity contribution < 1.29 is 66.4 Å². The van der Waals surface area contributed by atoms with Crippen molar-refractivity contribution in [3.8, 4) is 0 Å². The number of anilines is 1. The molecule has 4 N–H and O–H groups in total. The number of hydrogen-bond acceptors (Lipinski definition) is 11. The van der Waals surface area contributed by atoms with E-state index in [4.69, 9.17) is 5.11 Å². The number of rotatable bonds is 13. The third kappa shape index (κ3) is 9.40. The number of unbranched alkanes of at least 4 members (excludes halogenated alkanes) is 2. The molecule has 0 saturated carbocycles. The molecule has 0 saturated heterocycles. The molecular formula is C40H42KN2O14S4. The summed E-state index contributed by atoms with van der Waals surface area (Å²) < 4.78 is 142. The van der Waals surface area contributed by atoms with Gasteiger partial charge in [-0.2, -0.15) is 29.8 Å². The Morgan fingerprint density at radius 1 is 0.705 bits per heavy atom. The van der Waals surface area contributed by atoms with Crippen LogP contribution in [0.15, 0.2) is 104 Å². The smallest absolute Gasteiger partial charge is 0.303 e. The molecular weight excluding hydrogens is 900 g/mol. The number of allylic oxidation sites excluding steroid dienone is 6. The number of carboxylic acid groups (broad SMARTS) is 1. The third-order valence-electron chi connectivity index (χ3n) is 11.1. The number of carbonyl (C=O) groups is 1. The molecule has 0 amide bonds. The molecule has 1 radical (unpaired) electrons. The van der Waals surface area contributed by atoms with Crippen molar-refractivity contribution in [2.24, 2.45) is 0 Å². The second-order valence-corrected chi connectivity index (χ2v) is 21.3. The Morgan fingerprint density at radius 3 is 1.82 bits per heavy atom. The van der Waals surface area contributed by atoms with Gasteiger partial charge < -0.3 is 14.6 Å². The fourth-order valence-electron chi connectivity index (χ4n) is 8.48. The maximum absolute atomic E-state index is 12.5. The standard InChI is InChI=1S/C40H42N2O14S4.K/c1-39(2)34(41(5)30-17-15-26-28(37(30)39)20-24(57(45,46)47)22-32(26)59(51,52)53)12-8-6-9-13-35-40(3,4)38-29-21-25(58(48,49)50)23-33(60(54,55)56)27(29)16-18-31(38)42(35)19-11-7-10-14-36(43)44;/h6,8-9,12-13,15-18,20-23H,7,10-11,14,19H2,1-5H3,(H4-,43,44,45,46,47,48,49,50,51,52,53,54,55,56);. The van der Waals surface area contributed by atoms with E-state index < -0.39 is 76.9 Å². The average molecular weight is 942 g/mol. The molecule has 2 aliphatic rings. The molecule has 21 heteroatoms. The minimum Gasteiger partial charge on any atom is -0.744 e. The predicted octanol–water partition coefficient (Wildman–Crippen LogP) is 5.70. The van der Waals surface area contributed by atoms with Gasteiger partial charge in [0.1, 0.15) is 22.1 Å². The van der Waals surface area contributed by atoms with Crippen LogP contribution in [0.1, 0.15) is 64.5 Å². The monoisotopic (exact) mass is 941 g/mol. The summed E-state index contributed by atoms with van der Waals surface area (Å²) in [5.41, 5.74) is 1.86. The molecule has 2 heterocycles. The van der Waals surface area contributed by atoms with Crippen LogP contribution < -0.4 is 4.90 Å². The maximum Gasteiger partial charge on any atom is 0.303 e. The Morgan fingerprint density at radius 2 is 1.26 bits per heavy atom. The van der Waals surface area contributed by atoms with Crippen LogP contribution in [-0.4, -0.2) is 138 Å². The molecule has 4 aromatic rings. The van der Waals surface area contributed by atoms with Gasteiger partial charge in [0.2, 0.25) is 5.69 Å². The topological polar surface area (TPSA) is 264 Å². The first kappa shape index (κ1) is 48.9. The Hall–Kier alpha value is -3.16. The van der Waals surface area contributed by atoms with Crippen LogP contribution in [0.2, 0.25) is 0 Å². The molecule has 321 valence electrons. The fourth-order valence-corrected chi connectivity index (χ4v) is 11.1. The largest absolute Gasteiger partial charge is 0.744 e. The summed E-state index contributed by atoms with van der Waals surface area (Å²) in [7, 11) is -18.2. The number of carboxylic acids is 1. The molecule has 0 atom stereocenters. The first-order valence-electron chi connectivity index (χ1n) is 18.3. The number of benzene rings is 4. The van der Waals surface area contributed by atoms with Gasteiger partial charge in [-0.05, 0) is 85.5 Å². The zero-order chi connectivity index (χ0) is 44.5. The third-order valence-corrected chi connectivity index (χ3v) is 14.5. The van der Waals surface area contributed by atoms with Crippen molar-refractivity contribution in [1.82, 2.24) is 0 Å². The van der Waals surface area contributed by atoms with Crippen LogP contribution >= 0.6 is 0 Å². The second-order valence-electron chi connectivity index (χ2n) is 15.7. The first-order chi connectivity index (χ1) is 27.6. The summed E-state index contributed by atoms with van der Waals surface area (Å²) in [5, 5.41) is 9.48. The molecule has 2 aliphatic heterocycles. The van der Waals surface area contributed by atoms with Gasteiger partial charge in [-0.25, -0.2) is 8.42 Å². The van der Waals surface area contributed by atoms with Crippen LogP contribution in [0.25, 0.3) is 21.5 Å². The molecule has 0 fully saturated rings. The average Bonchev–Trinajstić information content (AvgIpc) is 3.46. The van der Waals surface area contributed by atoms with Crippen LogP contribution in [0.3, 0.4) is 0 Å². The molecule has 16 nitrogen and oxygen atoms in total. The Balaban J connectivity index is 0.00000704. The van der Waals surface area contributed by atoms with E-state index >= 15 is 0 Å². The minimum atomic E-state index is -5.16. The molecule has 0 spiro atoms. The first-order valence-corrected chi connectivity index (χ1v) is 24.1. The molecule has 0 unspecified atom stereocenters. The summed E-state index contributed by atoms with van der Waals surface area (Å²) in [4.78, 5) is 10.2. The van der Waals surface area contributed by atoms with Gasteiger partial charge in [-0.15, -0.1) is 0 Å². The van der Waals surface area contributed by atoms with Crippen molar-refractivity contribution in [1.29, 1.82) is 0 Å². The minimum absolute atomic E-state index is 0. The molecule has 6 rings (SSSR count). The zero-order valence-corrected chi connectivity index (χ0v) is 40.3. The predicted molar refractivity (Wildman–Crippen MR) is 228 cm³/mol. The van der Waals surface area contributed by atoms with Gasteiger partial charge in [0.15, 0.2) is 5.71 Å². The molecule has 61 heavy (non-hydrogen) atoms. The normalized spacial score (nSPS) is 17.2. The van der Waals surface area contributed by atoms with Crippen molar-refractivity contribution >= 4 is 136 Å². The van der Waals surface area contributed by atoms with Gasteiger partial charge in [-0.1, -0.05) is 44.6 Å². The number of aliphatic carboxylic acids is 1. The van der Waals surface area contributed by atoms with Gasteiger partial charge in [0.25, 0.3) is 30.4 Å². The summed E-state index contributed by atoms with van der Waals surface area (Å²) in [6.45, 7) is 7.77. The number of nitrogens with zero attached hydrogens (tertiary/aromatic N) is 2. The summed E-state index contributed by atoms with van der Waals surface area (Å²) in [6, 6.07) is 9.78. The van der Waals surface area contributed by atoms with Crippen molar-refractivity contribution in [2.75, 3.05) is 18.5 Å². The van der Waals surface area contributed by atoms with Crippen LogP contribution in [-0.2, 0) is 56.1 Å². The van der Waals surface area contributed by atoms with E-state index in [9.17, 15) is 56.7 Å². The Kier molecular flexibility index (Phi) is 13.7. The maximum atomic E-state index is 12.5. The van der Waals surface area contributed by atoms with E-state index in [1.54, 1.807) is 43.5 Å². The summed E-state index contributed by atoms with van der Waals surface area (Å²) in [6.07, 6.45) is 10.4. The van der Waals surface area contributed by atoms with E-state index in [2.05, 4.69) is 0 Å². The van der Waals surface area contributed by atoms with Crippen molar-refractivity contribution in [3.05, 3.63) is 95.7 Å². The number of hydrogen-bond donors (Lipinski definition) is 4. The summed E-state index contributed by atoms with van der Waals surface area (Å²) >= 11 is 0. The Bertz CT molecular complexity index is 3120. The van der Waals surface area contributed by atoms with E-state index in [-0.39, 0.29) is 79.4 Å². The molecule has 4 aromatic carbocycles. The van der Waals surface area contributed by atoms with Crippen LogP contribution in [0.4, 0.5) is 11.4 Å². The van der Waals surface area contributed by atoms with Gasteiger partial charge in [0.05, 0.1) is 20.1 Å². The SMILES string of the molecule is C[N+]1=C(C=CC=CC=C2N(CCCCCC(=O)O)c3ccc4c(S(=O)(=O)O)cc(S(=O)(=O)O)cc4c3C2(C)C)C(C)(C)c2c1ccc1c(S(=O)(=O)[O-])cc(S(=O)(=O)O)cc21.[K]. The summed E-state index contributed by atoms with van der Waals surface area (Å²) in [5.74, 6) is -0.921. The van der Waals surface area contributed by atoms with Crippen LogP contribution in [0.5, 0.6) is 0 Å². The Labute approximate surface area is 396 Å². The zero-order valence-electron chi connectivity index (χ0n) is 33.9. The number of fused-ring (bicyclic) bond motifs is 6. The van der Waals surface area contributed by atoms with E-state index in [1.807, 2.05) is 43.2 Å². The second kappa shape index (κ2) is 17.1.